The molecule has 2 fully saturated rings. The number of benzene rings is 2. The van der Waals surface area contributed by atoms with Crippen molar-refractivity contribution in [1.82, 2.24) is 14.7 Å². The Labute approximate surface area is 233 Å². The third-order valence-corrected chi connectivity index (χ3v) is 8.90. The molecule has 3 aromatic rings. The maximum Gasteiger partial charge on any atom is 0.277 e. The van der Waals surface area contributed by atoms with E-state index in [2.05, 4.69) is 29.2 Å². The van der Waals surface area contributed by atoms with E-state index in [0.717, 1.165) is 67.6 Å². The Morgan fingerprint density at radius 3 is 2.33 bits per heavy atom. The smallest absolute Gasteiger partial charge is 0.277 e. The first kappa shape index (κ1) is 26.3. The van der Waals surface area contributed by atoms with Gasteiger partial charge in [0.2, 0.25) is 0 Å². The Bertz CT molecular complexity index is 1300. The molecular formula is C29H34N4O5S. The van der Waals surface area contributed by atoms with Gasteiger partial charge in [0, 0.05) is 42.8 Å². The van der Waals surface area contributed by atoms with Gasteiger partial charge in [0.15, 0.2) is 5.03 Å². The molecule has 1 aromatic heterocycles. The van der Waals surface area contributed by atoms with Crippen LogP contribution in [0, 0.1) is 0 Å². The van der Waals surface area contributed by atoms with Crippen LogP contribution in [0.4, 0.5) is 5.69 Å². The highest BCUT2D eigenvalue weighted by atomic mass is 32.2. The summed E-state index contributed by atoms with van der Waals surface area (Å²) in [4.78, 5) is 23.2. The predicted molar refractivity (Wildman–Crippen MR) is 149 cm³/mol. The topological polar surface area (TPSA) is 78.3 Å². The van der Waals surface area contributed by atoms with Gasteiger partial charge < -0.3 is 14.4 Å². The van der Waals surface area contributed by atoms with Gasteiger partial charge in [-0.25, -0.2) is 9.57 Å². The summed E-state index contributed by atoms with van der Waals surface area (Å²) in [7, 11) is 3.08. The third-order valence-electron chi connectivity index (χ3n) is 8.21. The van der Waals surface area contributed by atoms with Crippen LogP contribution in [0.2, 0.25) is 0 Å². The number of hydrogen-bond acceptors (Lipinski definition) is 8. The predicted octanol–water partition coefficient (Wildman–Crippen LogP) is 4.42. The van der Waals surface area contributed by atoms with Crippen molar-refractivity contribution in [2.75, 3.05) is 58.5 Å². The van der Waals surface area contributed by atoms with Crippen LogP contribution >= 0.6 is 12.0 Å². The molecule has 2 aliphatic heterocycles. The fourth-order valence-corrected chi connectivity index (χ4v) is 6.49. The minimum atomic E-state index is -0.0803. The van der Waals surface area contributed by atoms with Crippen LogP contribution in [-0.4, -0.2) is 74.2 Å². The van der Waals surface area contributed by atoms with Crippen molar-refractivity contribution in [2.24, 2.45) is 0 Å². The van der Waals surface area contributed by atoms with Crippen molar-refractivity contribution in [3.8, 4) is 11.4 Å². The van der Waals surface area contributed by atoms with Crippen LogP contribution in [-0.2, 0) is 25.8 Å². The summed E-state index contributed by atoms with van der Waals surface area (Å²) in [5, 5.41) is 5.35. The van der Waals surface area contributed by atoms with Gasteiger partial charge in [-0.1, -0.05) is 18.6 Å². The monoisotopic (exact) mass is 550 g/mol. The van der Waals surface area contributed by atoms with Crippen molar-refractivity contribution in [1.29, 1.82) is 0 Å². The van der Waals surface area contributed by atoms with E-state index in [4.69, 9.17) is 23.8 Å². The Kier molecular flexibility index (Phi) is 7.64. The summed E-state index contributed by atoms with van der Waals surface area (Å²) in [6.07, 6.45) is 4.35. The molecule has 0 radical (unpaired) electrons. The lowest BCUT2D eigenvalue weighted by atomic mass is 9.64. The van der Waals surface area contributed by atoms with Gasteiger partial charge >= 0.3 is 0 Å². The number of carbonyl (C=O) groups is 1. The average Bonchev–Trinajstić information content (AvgIpc) is 3.34. The molecule has 0 spiro atoms. The zero-order chi connectivity index (χ0) is 26.8. The molecule has 2 aromatic carbocycles. The second kappa shape index (κ2) is 11.3. The lowest BCUT2D eigenvalue weighted by Gasteiger charge is -2.46. The van der Waals surface area contributed by atoms with Crippen LogP contribution in [0.15, 0.2) is 53.6 Å². The van der Waals surface area contributed by atoms with E-state index in [0.29, 0.717) is 23.7 Å². The van der Waals surface area contributed by atoms with Crippen molar-refractivity contribution in [3.05, 3.63) is 65.4 Å². The minimum Gasteiger partial charge on any atom is -0.497 e. The molecule has 206 valence electrons. The van der Waals surface area contributed by atoms with Crippen molar-refractivity contribution in [3.63, 3.8) is 0 Å². The number of morpholine rings is 1. The zero-order valence-electron chi connectivity index (χ0n) is 22.4. The van der Waals surface area contributed by atoms with Gasteiger partial charge in [-0.05, 0) is 61.2 Å². The van der Waals surface area contributed by atoms with E-state index >= 15 is 0 Å². The fourth-order valence-electron chi connectivity index (χ4n) is 5.94. The highest BCUT2D eigenvalue weighted by Gasteiger charge is 2.40. The molecule has 6 rings (SSSR count). The van der Waals surface area contributed by atoms with Gasteiger partial charge in [-0.3, -0.25) is 9.69 Å². The van der Waals surface area contributed by atoms with E-state index in [-0.39, 0.29) is 11.3 Å². The quantitative estimate of drug-likeness (QED) is 0.220. The highest BCUT2D eigenvalue weighted by molar-refractivity contribution is 7.94. The molecule has 0 unspecified atom stereocenters. The average molecular weight is 551 g/mol. The SMILES string of the molecule is COOSc1nn(-c2ccc(OC)cc2)c2c1CCN(c1ccc(C3(CN4CCOCC4)CCC3)cc1)C2=O. The summed E-state index contributed by atoms with van der Waals surface area (Å²) in [6.45, 7) is 5.29. The van der Waals surface area contributed by atoms with Gasteiger partial charge in [0.25, 0.3) is 5.91 Å². The summed E-state index contributed by atoms with van der Waals surface area (Å²) in [6, 6.07) is 16.2. The van der Waals surface area contributed by atoms with Crippen LogP contribution in [0.3, 0.4) is 0 Å². The zero-order valence-corrected chi connectivity index (χ0v) is 23.2. The molecule has 0 bridgehead atoms. The van der Waals surface area contributed by atoms with Crippen molar-refractivity contribution >= 4 is 23.6 Å². The van der Waals surface area contributed by atoms with E-state index in [1.165, 1.54) is 31.9 Å². The largest absolute Gasteiger partial charge is 0.497 e. The number of anilines is 1. The number of ether oxygens (including phenoxy) is 2. The van der Waals surface area contributed by atoms with E-state index < -0.39 is 0 Å². The van der Waals surface area contributed by atoms with E-state index in [9.17, 15) is 4.79 Å². The summed E-state index contributed by atoms with van der Waals surface area (Å²) < 4.78 is 17.7. The molecule has 10 heteroatoms. The molecule has 0 atom stereocenters. The molecule has 1 saturated carbocycles. The van der Waals surface area contributed by atoms with Crippen molar-refractivity contribution in [2.45, 2.75) is 36.1 Å². The molecule has 9 nitrogen and oxygen atoms in total. The van der Waals surface area contributed by atoms with Crippen LogP contribution < -0.4 is 9.64 Å². The van der Waals surface area contributed by atoms with E-state index in [1.54, 1.807) is 11.8 Å². The lowest BCUT2D eigenvalue weighted by molar-refractivity contribution is -0.160. The molecule has 1 saturated heterocycles. The maximum atomic E-state index is 14.0. The molecule has 1 aliphatic carbocycles. The minimum absolute atomic E-state index is 0.0803. The standard InChI is InChI=1S/C29H34N4O5S/c1-35-24-10-8-23(9-11-24)33-26-25(27(30-33)39-38-36-2)12-15-32(28(26)34)22-6-4-21(5-7-22)29(13-3-14-29)20-31-16-18-37-19-17-31/h4-11H,3,12-20H2,1-2H3. The van der Waals surface area contributed by atoms with Gasteiger partial charge in [0.05, 0.1) is 45.2 Å². The first-order valence-electron chi connectivity index (χ1n) is 13.5. The number of aromatic nitrogens is 2. The molecule has 0 N–H and O–H groups in total. The Hall–Kier alpha value is -2.89. The number of amides is 1. The first-order chi connectivity index (χ1) is 19.1. The molecule has 3 heterocycles. The summed E-state index contributed by atoms with van der Waals surface area (Å²) >= 11 is 1.02. The van der Waals surface area contributed by atoms with Gasteiger partial charge in [0.1, 0.15) is 11.4 Å². The van der Waals surface area contributed by atoms with Crippen molar-refractivity contribution < 1.29 is 23.5 Å². The molecule has 39 heavy (non-hydrogen) atoms. The fraction of sp³-hybridized carbons (Fsp3) is 0.448. The summed E-state index contributed by atoms with van der Waals surface area (Å²) in [5.74, 6) is 0.659. The highest BCUT2D eigenvalue weighted by Crippen LogP contribution is 2.45. The molecular weight excluding hydrogens is 516 g/mol. The molecule has 1 amide bonds. The number of rotatable bonds is 9. The van der Waals surface area contributed by atoms with E-state index in [1.807, 2.05) is 29.2 Å². The second-order valence-corrected chi connectivity index (χ2v) is 11.0. The second-order valence-electron chi connectivity index (χ2n) is 10.3. The third kappa shape index (κ3) is 5.07. The first-order valence-corrected chi connectivity index (χ1v) is 14.2. The Balaban J connectivity index is 1.27. The number of nitrogens with zero attached hydrogens (tertiary/aromatic N) is 4. The Morgan fingerprint density at radius 2 is 1.69 bits per heavy atom. The number of hydrogen-bond donors (Lipinski definition) is 0. The normalized spacial score (nSPS) is 19.0. The number of carbonyl (C=O) groups excluding carboxylic acids is 1. The number of fused-ring (bicyclic) bond motifs is 1. The van der Waals surface area contributed by atoms with Gasteiger partial charge in [-0.2, -0.15) is 9.43 Å². The van der Waals surface area contributed by atoms with Crippen LogP contribution in [0.1, 0.15) is 40.9 Å². The molecule has 3 aliphatic rings. The maximum absolute atomic E-state index is 14.0. The Morgan fingerprint density at radius 1 is 0.974 bits per heavy atom. The lowest BCUT2D eigenvalue weighted by Crippen LogP contribution is -2.49. The van der Waals surface area contributed by atoms with Gasteiger partial charge in [-0.15, -0.1) is 0 Å². The van der Waals surface area contributed by atoms with Crippen LogP contribution in [0.5, 0.6) is 5.75 Å². The summed E-state index contributed by atoms with van der Waals surface area (Å²) in [5.41, 5.74) is 4.66. The number of methoxy groups -OCH3 is 1. The van der Waals surface area contributed by atoms with Crippen LogP contribution in [0.25, 0.3) is 5.69 Å².